The van der Waals surface area contributed by atoms with Crippen molar-refractivity contribution in [2.45, 2.75) is 42.4 Å². The molecule has 1 atom stereocenters. The molecule has 0 saturated carbocycles. The molecule has 0 amide bonds. The predicted molar refractivity (Wildman–Crippen MR) is 149 cm³/mol. The van der Waals surface area contributed by atoms with Crippen molar-refractivity contribution in [1.82, 2.24) is 15.0 Å². The molecular weight excluding hydrogens is 460 g/mol. The number of nitrogens with zero attached hydrogens (tertiary/aromatic N) is 4. The van der Waals surface area contributed by atoms with Crippen LogP contribution in [0.3, 0.4) is 0 Å². The van der Waals surface area contributed by atoms with Crippen LogP contribution in [0, 0.1) is 0 Å². The number of rotatable bonds is 3. The molecule has 0 N–H and O–H groups in total. The lowest BCUT2D eigenvalue weighted by Crippen LogP contribution is -2.48. The molecule has 3 aromatic carbocycles. The topological polar surface area (TPSA) is 41.9 Å². The van der Waals surface area contributed by atoms with Crippen LogP contribution in [-0.2, 0) is 0 Å². The molecule has 0 fully saturated rings. The van der Waals surface area contributed by atoms with Crippen molar-refractivity contribution < 1.29 is 0 Å². The van der Waals surface area contributed by atoms with Gasteiger partial charge in [0.15, 0.2) is 11.6 Å². The van der Waals surface area contributed by atoms with E-state index in [0.717, 1.165) is 23.2 Å². The van der Waals surface area contributed by atoms with Gasteiger partial charge in [0.25, 0.3) is 0 Å². The van der Waals surface area contributed by atoms with Gasteiger partial charge < -0.3 is 0 Å². The number of benzene rings is 3. The number of hydrogen-bond acceptors (Lipinski definition) is 5. The number of hydrogen-bond donors (Lipinski definition) is 0. The van der Waals surface area contributed by atoms with E-state index >= 15 is 0 Å². The molecule has 36 heavy (non-hydrogen) atoms. The van der Waals surface area contributed by atoms with Gasteiger partial charge in [-0.25, -0.2) is 4.98 Å². The third-order valence-electron chi connectivity index (χ3n) is 7.02. The SMILES string of the molecule is CC12CC=CC=C1C(C)(C)N(c1nc(-c3ccccc3)nc(-c3ccccc3)n1)c1ccccc1S2. The Morgan fingerprint density at radius 1 is 0.722 bits per heavy atom. The highest BCUT2D eigenvalue weighted by molar-refractivity contribution is 8.01. The van der Waals surface area contributed by atoms with Crippen LogP contribution < -0.4 is 4.90 Å². The van der Waals surface area contributed by atoms with E-state index in [4.69, 9.17) is 15.0 Å². The van der Waals surface area contributed by atoms with Crippen molar-refractivity contribution >= 4 is 23.4 Å². The number of aromatic nitrogens is 3. The van der Waals surface area contributed by atoms with E-state index in [2.05, 4.69) is 92.4 Å². The number of anilines is 2. The highest BCUT2D eigenvalue weighted by Crippen LogP contribution is 2.56. The van der Waals surface area contributed by atoms with Crippen LogP contribution in [0.2, 0.25) is 0 Å². The van der Waals surface area contributed by atoms with Gasteiger partial charge in [-0.05, 0) is 44.9 Å². The monoisotopic (exact) mass is 488 g/mol. The van der Waals surface area contributed by atoms with Crippen molar-refractivity contribution in [1.29, 1.82) is 0 Å². The summed E-state index contributed by atoms with van der Waals surface area (Å²) in [5, 5.41) is 0. The average Bonchev–Trinajstić information content (AvgIpc) is 2.98. The smallest absolute Gasteiger partial charge is 0.234 e. The second kappa shape index (κ2) is 8.75. The zero-order valence-electron chi connectivity index (χ0n) is 20.7. The lowest BCUT2D eigenvalue weighted by molar-refractivity contribution is 0.521. The van der Waals surface area contributed by atoms with Gasteiger partial charge in [-0.3, -0.25) is 4.90 Å². The zero-order valence-corrected chi connectivity index (χ0v) is 21.5. The van der Waals surface area contributed by atoms with Gasteiger partial charge in [0.05, 0.1) is 11.2 Å². The molecule has 4 aromatic rings. The Kier molecular flexibility index (Phi) is 5.53. The van der Waals surface area contributed by atoms with Gasteiger partial charge in [-0.15, -0.1) is 11.8 Å². The lowest BCUT2D eigenvalue weighted by atomic mass is 9.79. The van der Waals surface area contributed by atoms with Gasteiger partial charge in [0.2, 0.25) is 5.95 Å². The molecule has 4 nitrogen and oxygen atoms in total. The number of allylic oxidation sites excluding steroid dienone is 3. The van der Waals surface area contributed by atoms with E-state index in [0.29, 0.717) is 17.6 Å². The fraction of sp³-hybridized carbons (Fsp3) is 0.194. The van der Waals surface area contributed by atoms with Gasteiger partial charge in [-0.1, -0.05) is 91.0 Å². The molecule has 178 valence electrons. The summed E-state index contributed by atoms with van der Waals surface area (Å²) in [6, 6.07) is 28.9. The summed E-state index contributed by atoms with van der Waals surface area (Å²) in [5.41, 5.74) is 4.05. The zero-order chi connectivity index (χ0) is 24.8. The highest BCUT2D eigenvalue weighted by Gasteiger charge is 2.47. The molecule has 0 radical (unpaired) electrons. The fourth-order valence-corrected chi connectivity index (χ4v) is 6.84. The van der Waals surface area contributed by atoms with Crippen LogP contribution >= 0.6 is 11.8 Å². The summed E-state index contributed by atoms with van der Waals surface area (Å²) in [4.78, 5) is 18.7. The standard InChI is InChI=1S/C31H28N4S/c1-30(2)26-20-12-13-21-31(26,3)36-25-19-11-10-18-24(25)35(30)29-33-27(22-14-6-4-7-15-22)32-28(34-29)23-16-8-5-9-17-23/h4-20H,21H2,1-3H3. The van der Waals surface area contributed by atoms with E-state index < -0.39 is 0 Å². The Labute approximate surface area is 216 Å². The third kappa shape index (κ3) is 3.84. The first-order valence-corrected chi connectivity index (χ1v) is 13.1. The minimum absolute atomic E-state index is 0.0549. The predicted octanol–water partition coefficient (Wildman–Crippen LogP) is 7.87. The van der Waals surface area contributed by atoms with Crippen molar-refractivity contribution in [2.24, 2.45) is 0 Å². The molecule has 0 saturated heterocycles. The van der Waals surface area contributed by atoms with Gasteiger partial charge >= 0.3 is 0 Å². The number of para-hydroxylation sites is 1. The normalized spacial score (nSPS) is 20.2. The van der Waals surface area contributed by atoms with Crippen LogP contribution in [0.1, 0.15) is 27.2 Å². The number of fused-ring (bicyclic) bond motifs is 2. The molecule has 1 aliphatic carbocycles. The van der Waals surface area contributed by atoms with Crippen LogP contribution in [0.25, 0.3) is 22.8 Å². The van der Waals surface area contributed by atoms with Crippen LogP contribution in [-0.4, -0.2) is 25.2 Å². The lowest BCUT2D eigenvalue weighted by Gasteiger charge is -2.44. The summed E-state index contributed by atoms with van der Waals surface area (Å²) in [7, 11) is 0. The van der Waals surface area contributed by atoms with E-state index in [9.17, 15) is 0 Å². The minimum Gasteiger partial charge on any atom is -0.300 e. The maximum atomic E-state index is 5.10. The maximum absolute atomic E-state index is 5.10. The third-order valence-corrected chi connectivity index (χ3v) is 8.43. The Hall–Kier alpha value is -3.70. The summed E-state index contributed by atoms with van der Waals surface area (Å²) in [6.07, 6.45) is 7.73. The maximum Gasteiger partial charge on any atom is 0.234 e. The van der Waals surface area contributed by atoms with Gasteiger partial charge in [0.1, 0.15) is 0 Å². The first kappa shape index (κ1) is 22.7. The van der Waals surface area contributed by atoms with E-state index in [1.54, 1.807) is 0 Å². The van der Waals surface area contributed by atoms with Crippen molar-refractivity contribution in [3.63, 3.8) is 0 Å². The molecule has 2 heterocycles. The molecule has 5 heteroatoms. The molecular formula is C31H28N4S. The first-order valence-electron chi connectivity index (χ1n) is 12.3. The van der Waals surface area contributed by atoms with Gasteiger partial charge in [0, 0.05) is 20.8 Å². The molecule has 1 unspecified atom stereocenters. The summed E-state index contributed by atoms with van der Waals surface area (Å²) in [6.45, 7) is 6.92. The Morgan fingerprint density at radius 2 is 1.31 bits per heavy atom. The van der Waals surface area contributed by atoms with Crippen LogP contribution in [0.15, 0.2) is 114 Å². The second-order valence-electron chi connectivity index (χ2n) is 9.92. The molecule has 2 aliphatic rings. The summed E-state index contributed by atoms with van der Waals surface area (Å²) >= 11 is 1.93. The quantitative estimate of drug-likeness (QED) is 0.293. The van der Waals surface area contributed by atoms with E-state index in [-0.39, 0.29) is 10.3 Å². The average molecular weight is 489 g/mol. The Morgan fingerprint density at radius 3 is 1.94 bits per heavy atom. The van der Waals surface area contributed by atoms with Crippen molar-refractivity contribution in [3.05, 3.63) is 109 Å². The first-order chi connectivity index (χ1) is 17.5. The van der Waals surface area contributed by atoms with Crippen LogP contribution in [0.5, 0.6) is 0 Å². The van der Waals surface area contributed by atoms with Crippen molar-refractivity contribution in [3.8, 4) is 22.8 Å². The highest BCUT2D eigenvalue weighted by atomic mass is 32.2. The molecule has 0 bridgehead atoms. The Bertz CT molecular complexity index is 1420. The number of thioether (sulfide) groups is 1. The minimum atomic E-state index is -0.373. The fourth-order valence-electron chi connectivity index (χ4n) is 5.34. The van der Waals surface area contributed by atoms with Crippen molar-refractivity contribution in [2.75, 3.05) is 4.90 Å². The molecule has 0 spiro atoms. The Balaban J connectivity index is 1.63. The van der Waals surface area contributed by atoms with Crippen LogP contribution in [0.4, 0.5) is 11.6 Å². The van der Waals surface area contributed by atoms with E-state index in [1.807, 2.05) is 48.2 Å². The largest absolute Gasteiger partial charge is 0.300 e. The molecule has 1 aromatic heterocycles. The van der Waals surface area contributed by atoms with E-state index in [1.165, 1.54) is 10.5 Å². The molecule has 1 aliphatic heterocycles. The van der Waals surface area contributed by atoms with Gasteiger partial charge in [-0.2, -0.15) is 9.97 Å². The molecule has 6 rings (SSSR count). The summed E-state index contributed by atoms with van der Waals surface area (Å²) in [5.74, 6) is 2.00. The summed E-state index contributed by atoms with van der Waals surface area (Å²) < 4.78 is -0.0549. The second-order valence-corrected chi connectivity index (χ2v) is 11.5.